The summed E-state index contributed by atoms with van der Waals surface area (Å²) < 4.78 is 5.53. The largest absolute Gasteiger partial charge is 0.508 e. The number of phenols is 1. The first-order chi connectivity index (χ1) is 6.29. The number of fused-ring (bicyclic) bond motifs is 1. The standard InChI is InChI=1S/C10H12O3/c11-4-3-9-6-7-5-8(12)1-2-10(7)13-9/h1-2,5,9,11-12H,3-4,6H2. The Bertz CT molecular complexity index is 309. The number of hydrogen-bond donors (Lipinski definition) is 2. The first-order valence-electron chi connectivity index (χ1n) is 4.39. The van der Waals surface area contributed by atoms with E-state index in [-0.39, 0.29) is 18.5 Å². The maximum Gasteiger partial charge on any atom is 0.123 e. The van der Waals surface area contributed by atoms with Crippen LogP contribution in [0.2, 0.25) is 0 Å². The highest BCUT2D eigenvalue weighted by molar-refractivity contribution is 5.42. The Kier molecular flexibility index (Phi) is 2.10. The van der Waals surface area contributed by atoms with E-state index in [1.54, 1.807) is 18.2 Å². The Balaban J connectivity index is 2.16. The Morgan fingerprint density at radius 2 is 2.31 bits per heavy atom. The van der Waals surface area contributed by atoms with Crippen LogP contribution in [0, 0.1) is 0 Å². The average Bonchev–Trinajstić information content (AvgIpc) is 2.46. The number of aliphatic hydroxyl groups is 1. The van der Waals surface area contributed by atoms with Gasteiger partial charge in [-0.2, -0.15) is 0 Å². The molecule has 0 amide bonds. The lowest BCUT2D eigenvalue weighted by Gasteiger charge is -2.07. The fraction of sp³-hybridized carbons (Fsp3) is 0.400. The molecule has 0 spiro atoms. The minimum atomic E-state index is 0.0711. The summed E-state index contributed by atoms with van der Waals surface area (Å²) in [5.41, 5.74) is 1.03. The van der Waals surface area contributed by atoms with Gasteiger partial charge in [-0.3, -0.25) is 0 Å². The van der Waals surface area contributed by atoms with Crippen LogP contribution in [0.5, 0.6) is 11.5 Å². The maximum absolute atomic E-state index is 9.21. The van der Waals surface area contributed by atoms with Crippen molar-refractivity contribution in [3.63, 3.8) is 0 Å². The quantitative estimate of drug-likeness (QED) is 0.716. The lowest BCUT2D eigenvalue weighted by atomic mass is 10.1. The van der Waals surface area contributed by atoms with Crippen molar-refractivity contribution >= 4 is 0 Å². The number of hydrogen-bond acceptors (Lipinski definition) is 3. The number of ether oxygens (including phenoxy) is 1. The van der Waals surface area contributed by atoms with Crippen molar-refractivity contribution in [3.8, 4) is 11.5 Å². The van der Waals surface area contributed by atoms with Crippen molar-refractivity contribution in [2.75, 3.05) is 6.61 Å². The van der Waals surface area contributed by atoms with Crippen LogP contribution in [0.15, 0.2) is 18.2 Å². The Morgan fingerprint density at radius 3 is 3.08 bits per heavy atom. The molecule has 1 aliphatic heterocycles. The lowest BCUT2D eigenvalue weighted by molar-refractivity contribution is 0.175. The van der Waals surface area contributed by atoms with E-state index in [2.05, 4.69) is 0 Å². The van der Waals surface area contributed by atoms with Gasteiger partial charge >= 0.3 is 0 Å². The smallest absolute Gasteiger partial charge is 0.123 e. The van der Waals surface area contributed by atoms with Crippen LogP contribution in [0.4, 0.5) is 0 Å². The van der Waals surface area contributed by atoms with Crippen molar-refractivity contribution in [1.82, 2.24) is 0 Å². The Labute approximate surface area is 76.6 Å². The van der Waals surface area contributed by atoms with Crippen LogP contribution in [-0.4, -0.2) is 22.9 Å². The number of benzene rings is 1. The minimum absolute atomic E-state index is 0.0711. The maximum atomic E-state index is 9.21. The summed E-state index contributed by atoms with van der Waals surface area (Å²) in [6, 6.07) is 5.09. The molecule has 0 fully saturated rings. The van der Waals surface area contributed by atoms with Crippen LogP contribution in [0.25, 0.3) is 0 Å². The van der Waals surface area contributed by atoms with Gasteiger partial charge in [0.05, 0.1) is 0 Å². The summed E-state index contributed by atoms with van der Waals surface area (Å²) in [5, 5.41) is 17.9. The summed E-state index contributed by atoms with van der Waals surface area (Å²) in [6.45, 7) is 0.143. The van der Waals surface area contributed by atoms with E-state index >= 15 is 0 Å². The van der Waals surface area contributed by atoms with E-state index in [1.165, 1.54) is 0 Å². The molecule has 70 valence electrons. The summed E-state index contributed by atoms with van der Waals surface area (Å²) in [7, 11) is 0. The second-order valence-corrected chi connectivity index (χ2v) is 3.25. The first kappa shape index (κ1) is 8.38. The molecule has 1 heterocycles. The van der Waals surface area contributed by atoms with Gasteiger partial charge in [0.15, 0.2) is 0 Å². The van der Waals surface area contributed by atoms with Gasteiger partial charge < -0.3 is 14.9 Å². The Morgan fingerprint density at radius 1 is 1.46 bits per heavy atom. The van der Waals surface area contributed by atoms with Crippen LogP contribution in [-0.2, 0) is 6.42 Å². The fourth-order valence-corrected chi connectivity index (χ4v) is 1.61. The highest BCUT2D eigenvalue weighted by atomic mass is 16.5. The number of phenolic OH excluding ortho intramolecular Hbond substituents is 1. The molecule has 0 saturated heterocycles. The van der Waals surface area contributed by atoms with Gasteiger partial charge in [0, 0.05) is 25.0 Å². The molecule has 0 radical (unpaired) electrons. The van der Waals surface area contributed by atoms with Gasteiger partial charge in [0.1, 0.15) is 17.6 Å². The predicted octanol–water partition coefficient (Wildman–Crippen LogP) is 1.08. The van der Waals surface area contributed by atoms with Gasteiger partial charge in [-0.1, -0.05) is 0 Å². The van der Waals surface area contributed by atoms with Gasteiger partial charge in [-0.15, -0.1) is 0 Å². The van der Waals surface area contributed by atoms with Gasteiger partial charge in [-0.25, -0.2) is 0 Å². The molecule has 0 bridgehead atoms. The summed E-state index contributed by atoms with van der Waals surface area (Å²) in [4.78, 5) is 0. The van der Waals surface area contributed by atoms with E-state index in [0.717, 1.165) is 17.7 Å². The van der Waals surface area contributed by atoms with Crippen molar-refractivity contribution < 1.29 is 14.9 Å². The molecule has 0 aromatic heterocycles. The van der Waals surface area contributed by atoms with E-state index in [0.29, 0.717) is 6.42 Å². The third-order valence-electron chi connectivity index (χ3n) is 2.24. The monoisotopic (exact) mass is 180 g/mol. The van der Waals surface area contributed by atoms with Gasteiger partial charge in [0.2, 0.25) is 0 Å². The molecule has 2 rings (SSSR count). The van der Waals surface area contributed by atoms with Crippen LogP contribution in [0.1, 0.15) is 12.0 Å². The molecule has 13 heavy (non-hydrogen) atoms. The molecule has 0 saturated carbocycles. The third kappa shape index (κ3) is 1.60. The number of aliphatic hydroxyl groups excluding tert-OH is 1. The van der Waals surface area contributed by atoms with E-state index < -0.39 is 0 Å². The molecule has 3 nitrogen and oxygen atoms in total. The second kappa shape index (κ2) is 3.26. The van der Waals surface area contributed by atoms with E-state index in [1.807, 2.05) is 0 Å². The molecular formula is C10H12O3. The molecule has 1 unspecified atom stereocenters. The van der Waals surface area contributed by atoms with Crippen LogP contribution >= 0.6 is 0 Å². The average molecular weight is 180 g/mol. The zero-order valence-electron chi connectivity index (χ0n) is 7.23. The molecule has 2 N–H and O–H groups in total. The van der Waals surface area contributed by atoms with Crippen molar-refractivity contribution in [1.29, 1.82) is 0 Å². The molecule has 1 aromatic rings. The molecule has 1 aliphatic rings. The molecule has 1 atom stereocenters. The second-order valence-electron chi connectivity index (χ2n) is 3.25. The predicted molar refractivity (Wildman–Crippen MR) is 47.9 cm³/mol. The normalized spacial score (nSPS) is 19.6. The summed E-state index contributed by atoms with van der Waals surface area (Å²) >= 11 is 0. The summed E-state index contributed by atoms with van der Waals surface area (Å²) in [5.74, 6) is 1.10. The van der Waals surface area contributed by atoms with Crippen LogP contribution < -0.4 is 4.74 Å². The molecule has 3 heteroatoms. The summed E-state index contributed by atoms with van der Waals surface area (Å²) in [6.07, 6.45) is 1.50. The SMILES string of the molecule is OCCC1Cc2cc(O)ccc2O1. The molecular weight excluding hydrogens is 168 g/mol. The zero-order chi connectivity index (χ0) is 9.26. The van der Waals surface area contributed by atoms with Crippen LogP contribution in [0.3, 0.4) is 0 Å². The number of aromatic hydroxyl groups is 1. The van der Waals surface area contributed by atoms with Crippen molar-refractivity contribution in [2.24, 2.45) is 0 Å². The molecule has 0 aliphatic carbocycles. The van der Waals surface area contributed by atoms with Gasteiger partial charge in [-0.05, 0) is 18.2 Å². The first-order valence-corrected chi connectivity index (χ1v) is 4.39. The van der Waals surface area contributed by atoms with E-state index in [9.17, 15) is 5.11 Å². The molecule has 1 aromatic carbocycles. The highest BCUT2D eigenvalue weighted by Crippen LogP contribution is 2.32. The lowest BCUT2D eigenvalue weighted by Crippen LogP contribution is -2.14. The third-order valence-corrected chi connectivity index (χ3v) is 2.24. The number of rotatable bonds is 2. The fourth-order valence-electron chi connectivity index (χ4n) is 1.61. The topological polar surface area (TPSA) is 49.7 Å². The van der Waals surface area contributed by atoms with Crippen molar-refractivity contribution in [2.45, 2.75) is 18.9 Å². The Hall–Kier alpha value is -1.22. The minimum Gasteiger partial charge on any atom is -0.508 e. The van der Waals surface area contributed by atoms with Gasteiger partial charge in [0.25, 0.3) is 0 Å². The van der Waals surface area contributed by atoms with Crippen molar-refractivity contribution in [3.05, 3.63) is 23.8 Å². The highest BCUT2D eigenvalue weighted by Gasteiger charge is 2.22. The van der Waals surface area contributed by atoms with E-state index in [4.69, 9.17) is 9.84 Å². The zero-order valence-corrected chi connectivity index (χ0v) is 7.23.